The second-order valence-electron chi connectivity index (χ2n) is 5.04. The lowest BCUT2D eigenvalue weighted by Gasteiger charge is -2.23. The number of hydrogen-bond acceptors (Lipinski definition) is 2. The summed E-state index contributed by atoms with van der Waals surface area (Å²) in [6, 6.07) is 5.35. The minimum absolute atomic E-state index is 0.590. The monoisotopic (exact) mass is 272 g/mol. The SMILES string of the molecule is FC(F)(F)c1ccc(CNCC2CCCNC2)cc1. The van der Waals surface area contributed by atoms with E-state index in [-0.39, 0.29) is 0 Å². The molecule has 1 aromatic carbocycles. The summed E-state index contributed by atoms with van der Waals surface area (Å²) in [6.45, 7) is 3.65. The van der Waals surface area contributed by atoms with Crippen molar-refractivity contribution in [2.75, 3.05) is 19.6 Å². The molecule has 2 rings (SSSR count). The third-order valence-electron chi connectivity index (χ3n) is 3.44. The molecule has 1 fully saturated rings. The van der Waals surface area contributed by atoms with Gasteiger partial charge in [-0.3, -0.25) is 0 Å². The fourth-order valence-electron chi connectivity index (χ4n) is 2.33. The van der Waals surface area contributed by atoms with E-state index >= 15 is 0 Å². The van der Waals surface area contributed by atoms with Crippen molar-refractivity contribution in [2.45, 2.75) is 25.6 Å². The molecule has 0 spiro atoms. The van der Waals surface area contributed by atoms with Gasteiger partial charge in [0.1, 0.15) is 0 Å². The summed E-state index contributed by atoms with van der Waals surface area (Å²) in [4.78, 5) is 0. The Balaban J connectivity index is 1.76. The molecule has 1 aliphatic heterocycles. The molecule has 1 unspecified atom stereocenters. The highest BCUT2D eigenvalue weighted by molar-refractivity contribution is 5.24. The predicted octanol–water partition coefficient (Wildman–Crippen LogP) is 2.79. The molecule has 0 amide bonds. The third-order valence-corrected chi connectivity index (χ3v) is 3.44. The molecule has 0 bridgehead atoms. The number of nitrogens with one attached hydrogen (secondary N) is 2. The van der Waals surface area contributed by atoms with E-state index in [1.807, 2.05) is 0 Å². The van der Waals surface area contributed by atoms with Crippen LogP contribution < -0.4 is 10.6 Å². The lowest BCUT2D eigenvalue weighted by molar-refractivity contribution is -0.137. The number of rotatable bonds is 4. The first-order valence-corrected chi connectivity index (χ1v) is 6.63. The van der Waals surface area contributed by atoms with Crippen LogP contribution in [0, 0.1) is 5.92 Å². The second-order valence-corrected chi connectivity index (χ2v) is 5.04. The van der Waals surface area contributed by atoms with Gasteiger partial charge in [-0.15, -0.1) is 0 Å². The highest BCUT2D eigenvalue weighted by Gasteiger charge is 2.29. The van der Waals surface area contributed by atoms with Gasteiger partial charge in [-0.25, -0.2) is 0 Å². The van der Waals surface area contributed by atoms with Crippen LogP contribution in [0.1, 0.15) is 24.0 Å². The molecule has 1 heterocycles. The van der Waals surface area contributed by atoms with Gasteiger partial charge in [0.2, 0.25) is 0 Å². The summed E-state index contributed by atoms with van der Waals surface area (Å²) in [5, 5.41) is 6.65. The molecular weight excluding hydrogens is 253 g/mol. The summed E-state index contributed by atoms with van der Waals surface area (Å²) in [6.07, 6.45) is -1.83. The van der Waals surface area contributed by atoms with Gasteiger partial charge in [0.15, 0.2) is 0 Å². The van der Waals surface area contributed by atoms with Crippen LogP contribution in [0.5, 0.6) is 0 Å². The molecule has 0 radical (unpaired) electrons. The topological polar surface area (TPSA) is 24.1 Å². The zero-order valence-corrected chi connectivity index (χ0v) is 10.8. The average Bonchev–Trinajstić information content (AvgIpc) is 2.39. The van der Waals surface area contributed by atoms with E-state index in [4.69, 9.17) is 0 Å². The van der Waals surface area contributed by atoms with Crippen molar-refractivity contribution < 1.29 is 13.2 Å². The quantitative estimate of drug-likeness (QED) is 0.880. The van der Waals surface area contributed by atoms with Gasteiger partial charge in [0, 0.05) is 6.54 Å². The molecule has 5 heteroatoms. The van der Waals surface area contributed by atoms with E-state index in [0.717, 1.165) is 37.3 Å². The zero-order valence-electron chi connectivity index (χ0n) is 10.8. The average molecular weight is 272 g/mol. The Hall–Kier alpha value is -1.07. The van der Waals surface area contributed by atoms with Crippen molar-refractivity contribution in [3.05, 3.63) is 35.4 Å². The Morgan fingerprint density at radius 2 is 1.95 bits per heavy atom. The smallest absolute Gasteiger partial charge is 0.316 e. The minimum atomic E-state index is -4.25. The van der Waals surface area contributed by atoms with Gasteiger partial charge in [0.25, 0.3) is 0 Å². The van der Waals surface area contributed by atoms with Gasteiger partial charge in [0.05, 0.1) is 5.56 Å². The zero-order chi connectivity index (χ0) is 13.7. The van der Waals surface area contributed by atoms with Crippen LogP contribution in [0.3, 0.4) is 0 Å². The van der Waals surface area contributed by atoms with Gasteiger partial charge in [-0.2, -0.15) is 13.2 Å². The minimum Gasteiger partial charge on any atom is -0.316 e. The summed E-state index contributed by atoms with van der Waals surface area (Å²) >= 11 is 0. The first-order valence-electron chi connectivity index (χ1n) is 6.63. The van der Waals surface area contributed by atoms with Crippen molar-refractivity contribution in [3.63, 3.8) is 0 Å². The van der Waals surface area contributed by atoms with Gasteiger partial charge in [-0.1, -0.05) is 12.1 Å². The highest BCUT2D eigenvalue weighted by Crippen LogP contribution is 2.29. The molecular formula is C14H19F3N2. The van der Waals surface area contributed by atoms with Gasteiger partial charge in [-0.05, 0) is 56.1 Å². The Morgan fingerprint density at radius 3 is 2.53 bits per heavy atom. The number of benzene rings is 1. The summed E-state index contributed by atoms with van der Waals surface area (Å²) in [7, 11) is 0. The predicted molar refractivity (Wildman–Crippen MR) is 68.7 cm³/mol. The first-order chi connectivity index (χ1) is 9.05. The summed E-state index contributed by atoms with van der Waals surface area (Å²) in [5.74, 6) is 0.628. The highest BCUT2D eigenvalue weighted by atomic mass is 19.4. The van der Waals surface area contributed by atoms with E-state index in [0.29, 0.717) is 12.5 Å². The normalized spacial score (nSPS) is 20.5. The van der Waals surface area contributed by atoms with Crippen LogP contribution in [0.25, 0.3) is 0 Å². The maximum atomic E-state index is 12.4. The molecule has 1 aromatic rings. The second kappa shape index (κ2) is 6.39. The molecule has 1 aliphatic rings. The Labute approximate surface area is 111 Å². The van der Waals surface area contributed by atoms with Crippen LogP contribution >= 0.6 is 0 Å². The molecule has 0 aliphatic carbocycles. The molecule has 19 heavy (non-hydrogen) atoms. The molecule has 2 nitrogen and oxygen atoms in total. The van der Waals surface area contributed by atoms with E-state index in [1.165, 1.54) is 25.0 Å². The van der Waals surface area contributed by atoms with Crippen LogP contribution in [-0.4, -0.2) is 19.6 Å². The third kappa shape index (κ3) is 4.51. The molecule has 0 aromatic heterocycles. The van der Waals surface area contributed by atoms with E-state index in [1.54, 1.807) is 0 Å². The molecule has 0 saturated carbocycles. The van der Waals surface area contributed by atoms with E-state index in [9.17, 15) is 13.2 Å². The first kappa shape index (κ1) is 14.3. The van der Waals surface area contributed by atoms with E-state index < -0.39 is 11.7 Å². The fraction of sp³-hybridized carbons (Fsp3) is 0.571. The van der Waals surface area contributed by atoms with Crippen molar-refractivity contribution in [2.24, 2.45) is 5.92 Å². The maximum Gasteiger partial charge on any atom is 0.416 e. The van der Waals surface area contributed by atoms with Crippen LogP contribution in [-0.2, 0) is 12.7 Å². The van der Waals surface area contributed by atoms with Gasteiger partial charge >= 0.3 is 6.18 Å². The Morgan fingerprint density at radius 1 is 1.21 bits per heavy atom. The number of alkyl halides is 3. The summed E-state index contributed by atoms with van der Waals surface area (Å²) in [5.41, 5.74) is 0.296. The Bertz CT molecular complexity index is 381. The molecule has 106 valence electrons. The Kier molecular flexibility index (Phi) is 4.82. The number of piperidine rings is 1. The van der Waals surface area contributed by atoms with Crippen molar-refractivity contribution in [1.29, 1.82) is 0 Å². The number of hydrogen-bond donors (Lipinski definition) is 2. The summed E-state index contributed by atoms with van der Waals surface area (Å²) < 4.78 is 37.2. The lowest BCUT2D eigenvalue weighted by atomic mass is 10.00. The maximum absolute atomic E-state index is 12.4. The van der Waals surface area contributed by atoms with Crippen LogP contribution in [0.4, 0.5) is 13.2 Å². The van der Waals surface area contributed by atoms with Crippen molar-refractivity contribution in [3.8, 4) is 0 Å². The van der Waals surface area contributed by atoms with Crippen LogP contribution in [0.2, 0.25) is 0 Å². The molecule has 1 saturated heterocycles. The van der Waals surface area contributed by atoms with Crippen molar-refractivity contribution >= 4 is 0 Å². The molecule has 2 N–H and O–H groups in total. The van der Waals surface area contributed by atoms with Gasteiger partial charge < -0.3 is 10.6 Å². The standard InChI is InChI=1S/C14H19F3N2/c15-14(16,17)13-5-3-11(4-6-13)8-19-10-12-2-1-7-18-9-12/h3-6,12,18-19H,1-2,7-10H2. The fourth-order valence-corrected chi connectivity index (χ4v) is 2.33. The van der Waals surface area contributed by atoms with E-state index in [2.05, 4.69) is 10.6 Å². The largest absolute Gasteiger partial charge is 0.416 e. The van der Waals surface area contributed by atoms with Crippen molar-refractivity contribution in [1.82, 2.24) is 10.6 Å². The lowest BCUT2D eigenvalue weighted by Crippen LogP contribution is -2.35. The van der Waals surface area contributed by atoms with Crippen LogP contribution in [0.15, 0.2) is 24.3 Å². The molecule has 1 atom stereocenters. The number of halogens is 3.